The number of nitrogens with one attached hydrogen (secondary N) is 2. The number of rotatable bonds is 5. The predicted molar refractivity (Wildman–Crippen MR) is 96.9 cm³/mol. The molecule has 0 radical (unpaired) electrons. The van der Waals surface area contributed by atoms with E-state index >= 15 is 0 Å². The van der Waals surface area contributed by atoms with Gasteiger partial charge in [0.15, 0.2) is 5.82 Å². The van der Waals surface area contributed by atoms with Gasteiger partial charge in [-0.05, 0) is 50.2 Å². The van der Waals surface area contributed by atoms with E-state index in [0.717, 1.165) is 22.7 Å². The van der Waals surface area contributed by atoms with Crippen molar-refractivity contribution in [2.24, 2.45) is 0 Å². The zero-order valence-corrected chi connectivity index (χ0v) is 14.5. The van der Waals surface area contributed by atoms with Gasteiger partial charge >= 0.3 is 0 Å². The molecule has 4 aromatic rings. The van der Waals surface area contributed by atoms with Gasteiger partial charge in [-0.1, -0.05) is 0 Å². The maximum atomic E-state index is 13.2. The van der Waals surface area contributed by atoms with Gasteiger partial charge < -0.3 is 10.3 Å². The smallest absolute Gasteiger partial charge is 0.176 e. The average Bonchev–Trinajstić information content (AvgIpc) is 3.17. The van der Waals surface area contributed by atoms with Crippen molar-refractivity contribution in [2.75, 3.05) is 11.9 Å². The summed E-state index contributed by atoms with van der Waals surface area (Å²) in [6.45, 7) is 4.56. The third-order valence-electron chi connectivity index (χ3n) is 4.04. The fourth-order valence-corrected chi connectivity index (χ4v) is 2.86. The quantitative estimate of drug-likeness (QED) is 0.577. The fourth-order valence-electron chi connectivity index (χ4n) is 2.86. The summed E-state index contributed by atoms with van der Waals surface area (Å²) >= 11 is 0. The van der Waals surface area contributed by atoms with Gasteiger partial charge in [0, 0.05) is 18.7 Å². The Balaban J connectivity index is 1.39. The van der Waals surface area contributed by atoms with Crippen molar-refractivity contribution in [3.8, 4) is 5.82 Å². The molecule has 0 saturated heterocycles. The highest BCUT2D eigenvalue weighted by Crippen LogP contribution is 2.14. The number of hydrogen-bond donors (Lipinski definition) is 2. The Kier molecular flexibility index (Phi) is 4.08. The summed E-state index contributed by atoms with van der Waals surface area (Å²) in [5, 5.41) is 16.0. The van der Waals surface area contributed by atoms with Crippen LogP contribution in [0.25, 0.3) is 16.9 Å². The number of halogens is 1. The van der Waals surface area contributed by atoms with Gasteiger partial charge in [-0.2, -0.15) is 5.10 Å². The second-order valence-electron chi connectivity index (χ2n) is 6.14. The number of anilines is 1. The van der Waals surface area contributed by atoms with Crippen LogP contribution in [-0.2, 0) is 6.42 Å². The third-order valence-corrected chi connectivity index (χ3v) is 4.04. The number of nitrogens with zero attached hydrogens (tertiary/aromatic N) is 5. The van der Waals surface area contributed by atoms with Crippen LogP contribution in [0.3, 0.4) is 0 Å². The monoisotopic (exact) mass is 351 g/mol. The minimum absolute atomic E-state index is 0.274. The Morgan fingerprint density at radius 3 is 2.73 bits per heavy atom. The van der Waals surface area contributed by atoms with Crippen LogP contribution in [0.15, 0.2) is 36.4 Å². The Hall–Kier alpha value is -3.29. The Bertz CT molecular complexity index is 1050. The lowest BCUT2D eigenvalue weighted by Crippen LogP contribution is -2.09. The largest absolute Gasteiger partial charge is 0.368 e. The minimum atomic E-state index is -0.274. The van der Waals surface area contributed by atoms with E-state index in [9.17, 15) is 4.39 Å². The first-order chi connectivity index (χ1) is 12.6. The van der Waals surface area contributed by atoms with Gasteiger partial charge in [0.1, 0.15) is 17.5 Å². The van der Waals surface area contributed by atoms with E-state index in [1.807, 2.05) is 32.0 Å². The Morgan fingerprint density at radius 2 is 2.00 bits per heavy atom. The molecule has 0 fully saturated rings. The molecule has 8 heteroatoms. The SMILES string of the molecule is Cc1cc(C)n(-c2ccc(NCCc3nc4ccc(F)cc4[nH]3)nn2)n1. The molecule has 132 valence electrons. The van der Waals surface area contributed by atoms with Crippen LogP contribution < -0.4 is 5.32 Å². The molecule has 0 aliphatic rings. The highest BCUT2D eigenvalue weighted by Gasteiger charge is 2.07. The Morgan fingerprint density at radius 1 is 1.12 bits per heavy atom. The zero-order chi connectivity index (χ0) is 18.1. The summed E-state index contributed by atoms with van der Waals surface area (Å²) in [4.78, 5) is 7.56. The molecule has 0 aliphatic carbocycles. The first-order valence-corrected chi connectivity index (χ1v) is 8.34. The van der Waals surface area contributed by atoms with Crippen molar-refractivity contribution < 1.29 is 4.39 Å². The van der Waals surface area contributed by atoms with Crippen molar-refractivity contribution in [1.82, 2.24) is 29.9 Å². The first kappa shape index (κ1) is 16.2. The van der Waals surface area contributed by atoms with Gasteiger partial charge in [0.25, 0.3) is 0 Å². The molecule has 2 N–H and O–H groups in total. The number of H-pyrrole nitrogens is 1. The van der Waals surface area contributed by atoms with Crippen LogP contribution >= 0.6 is 0 Å². The highest BCUT2D eigenvalue weighted by atomic mass is 19.1. The van der Waals surface area contributed by atoms with E-state index in [1.54, 1.807) is 10.7 Å². The van der Waals surface area contributed by atoms with E-state index in [0.29, 0.717) is 30.1 Å². The highest BCUT2D eigenvalue weighted by molar-refractivity contribution is 5.74. The van der Waals surface area contributed by atoms with Gasteiger partial charge in [-0.25, -0.2) is 14.1 Å². The van der Waals surface area contributed by atoms with Gasteiger partial charge in [-0.3, -0.25) is 0 Å². The summed E-state index contributed by atoms with van der Waals surface area (Å²) in [6.07, 6.45) is 0.664. The normalized spacial score (nSPS) is 11.2. The number of imidazole rings is 1. The molecule has 0 amide bonds. The lowest BCUT2D eigenvalue weighted by Gasteiger charge is -2.05. The van der Waals surface area contributed by atoms with Crippen molar-refractivity contribution >= 4 is 16.9 Å². The first-order valence-electron chi connectivity index (χ1n) is 8.34. The van der Waals surface area contributed by atoms with Crippen LogP contribution in [0.4, 0.5) is 10.2 Å². The number of fused-ring (bicyclic) bond motifs is 1. The second kappa shape index (κ2) is 6.55. The molecular weight excluding hydrogens is 333 g/mol. The molecule has 3 heterocycles. The molecule has 0 bridgehead atoms. The fraction of sp³-hybridized carbons (Fsp3) is 0.222. The summed E-state index contributed by atoms with van der Waals surface area (Å²) in [5.74, 6) is 1.88. The number of aromatic nitrogens is 6. The summed E-state index contributed by atoms with van der Waals surface area (Å²) in [5.41, 5.74) is 3.42. The molecule has 4 rings (SSSR count). The topological polar surface area (TPSA) is 84.3 Å². The number of aryl methyl sites for hydroxylation is 2. The summed E-state index contributed by atoms with van der Waals surface area (Å²) in [7, 11) is 0. The summed E-state index contributed by atoms with van der Waals surface area (Å²) in [6, 6.07) is 10.3. The average molecular weight is 351 g/mol. The number of aromatic amines is 1. The molecular formula is C18H18FN7. The summed E-state index contributed by atoms with van der Waals surface area (Å²) < 4.78 is 15.0. The van der Waals surface area contributed by atoms with Crippen LogP contribution in [0.2, 0.25) is 0 Å². The maximum absolute atomic E-state index is 13.2. The molecule has 3 aromatic heterocycles. The van der Waals surface area contributed by atoms with Crippen molar-refractivity contribution in [2.45, 2.75) is 20.3 Å². The van der Waals surface area contributed by atoms with Crippen molar-refractivity contribution in [3.05, 3.63) is 59.4 Å². The predicted octanol–water partition coefficient (Wildman–Crippen LogP) is 2.95. The molecule has 0 unspecified atom stereocenters. The van der Waals surface area contributed by atoms with Crippen molar-refractivity contribution in [3.63, 3.8) is 0 Å². The minimum Gasteiger partial charge on any atom is -0.368 e. The molecule has 26 heavy (non-hydrogen) atoms. The number of hydrogen-bond acceptors (Lipinski definition) is 5. The third kappa shape index (κ3) is 3.26. The van der Waals surface area contributed by atoms with Gasteiger partial charge in [0.05, 0.1) is 16.7 Å². The zero-order valence-electron chi connectivity index (χ0n) is 14.5. The standard InChI is InChI=1S/C18H18FN7/c1-11-9-12(2)26(25-11)18-6-5-16(23-24-18)20-8-7-17-21-14-4-3-13(19)10-15(14)22-17/h3-6,9-10H,7-8H2,1-2H3,(H,20,23)(H,21,22). The molecule has 1 aromatic carbocycles. The lowest BCUT2D eigenvalue weighted by molar-refractivity contribution is 0.629. The van der Waals surface area contributed by atoms with Crippen LogP contribution in [0.1, 0.15) is 17.2 Å². The van der Waals surface area contributed by atoms with Gasteiger partial charge in [-0.15, -0.1) is 10.2 Å². The van der Waals surface area contributed by atoms with E-state index in [-0.39, 0.29) is 5.82 Å². The van der Waals surface area contributed by atoms with Gasteiger partial charge in [0.2, 0.25) is 0 Å². The van der Waals surface area contributed by atoms with E-state index < -0.39 is 0 Å². The second-order valence-corrected chi connectivity index (χ2v) is 6.14. The van der Waals surface area contributed by atoms with Crippen molar-refractivity contribution in [1.29, 1.82) is 0 Å². The molecule has 0 spiro atoms. The van der Waals surface area contributed by atoms with E-state index in [4.69, 9.17) is 0 Å². The molecule has 0 aliphatic heterocycles. The van der Waals surface area contributed by atoms with E-state index in [2.05, 4.69) is 30.6 Å². The lowest BCUT2D eigenvalue weighted by atomic mass is 10.3. The van der Waals surface area contributed by atoms with Crippen LogP contribution in [0.5, 0.6) is 0 Å². The van der Waals surface area contributed by atoms with E-state index in [1.165, 1.54) is 12.1 Å². The molecule has 0 atom stereocenters. The van der Waals surface area contributed by atoms with Crippen LogP contribution in [0, 0.1) is 19.7 Å². The molecule has 7 nitrogen and oxygen atoms in total. The Labute approximate surface area is 149 Å². The molecule has 0 saturated carbocycles. The maximum Gasteiger partial charge on any atom is 0.176 e. The van der Waals surface area contributed by atoms with Crippen LogP contribution in [-0.4, -0.2) is 36.5 Å². The number of benzene rings is 1.